The fraction of sp³-hybridized carbons (Fsp3) is 0.158. The Morgan fingerprint density at radius 1 is 1.12 bits per heavy atom. The van der Waals surface area contributed by atoms with Gasteiger partial charge in [0.25, 0.3) is 5.91 Å². The van der Waals surface area contributed by atoms with E-state index in [1.807, 2.05) is 30.3 Å². The number of amides is 1. The number of aromatic nitrogens is 1. The van der Waals surface area contributed by atoms with E-state index in [1.165, 1.54) is 22.5 Å². The zero-order valence-electron chi connectivity index (χ0n) is 13.4. The van der Waals surface area contributed by atoms with Gasteiger partial charge in [0, 0.05) is 17.5 Å². The molecule has 2 aromatic carbocycles. The molecule has 24 heavy (non-hydrogen) atoms. The van der Waals surface area contributed by atoms with Crippen LogP contribution in [0.15, 0.2) is 60.8 Å². The normalized spacial score (nSPS) is 10.4. The summed E-state index contributed by atoms with van der Waals surface area (Å²) >= 11 is 1.48. The topological polar surface area (TPSA) is 51.2 Å². The van der Waals surface area contributed by atoms with E-state index in [9.17, 15) is 4.79 Å². The Hall–Kier alpha value is -2.66. The molecule has 0 atom stereocenters. The van der Waals surface area contributed by atoms with Gasteiger partial charge in [-0.25, -0.2) is 4.98 Å². The molecule has 0 aliphatic heterocycles. The summed E-state index contributed by atoms with van der Waals surface area (Å²) in [6.07, 6.45) is 2.62. The molecule has 5 heteroatoms. The first-order valence-corrected chi connectivity index (χ1v) is 8.48. The van der Waals surface area contributed by atoms with Crippen LogP contribution in [0.2, 0.25) is 0 Å². The maximum absolute atomic E-state index is 11.9. The van der Waals surface area contributed by atoms with Gasteiger partial charge in [-0.3, -0.25) is 10.1 Å². The summed E-state index contributed by atoms with van der Waals surface area (Å²) in [5.41, 5.74) is 2.48. The van der Waals surface area contributed by atoms with E-state index in [2.05, 4.69) is 41.5 Å². The van der Waals surface area contributed by atoms with Gasteiger partial charge in [0.15, 0.2) is 11.7 Å². The average Bonchev–Trinajstić information content (AvgIpc) is 3.03. The first-order valence-electron chi connectivity index (χ1n) is 7.67. The first kappa shape index (κ1) is 16.2. The van der Waals surface area contributed by atoms with E-state index in [1.54, 1.807) is 6.20 Å². The smallest absolute Gasteiger partial charge is 0.264 e. The van der Waals surface area contributed by atoms with Crippen molar-refractivity contribution in [3.05, 3.63) is 76.8 Å². The van der Waals surface area contributed by atoms with Gasteiger partial charge < -0.3 is 4.74 Å². The molecule has 0 unspecified atom stereocenters. The number of nitrogens with zero attached hydrogens (tertiary/aromatic N) is 1. The zero-order chi connectivity index (χ0) is 16.8. The van der Waals surface area contributed by atoms with Gasteiger partial charge in [-0.05, 0) is 24.6 Å². The van der Waals surface area contributed by atoms with Crippen LogP contribution in [0.3, 0.4) is 0 Å². The molecule has 3 rings (SSSR count). The largest absolute Gasteiger partial charge is 0.484 e. The maximum atomic E-state index is 11.9. The summed E-state index contributed by atoms with van der Waals surface area (Å²) in [4.78, 5) is 17.3. The van der Waals surface area contributed by atoms with Crippen molar-refractivity contribution >= 4 is 22.4 Å². The molecule has 1 aromatic heterocycles. The molecule has 122 valence electrons. The zero-order valence-corrected chi connectivity index (χ0v) is 14.2. The summed E-state index contributed by atoms with van der Waals surface area (Å²) in [5.74, 6) is 0.460. The third-order valence-corrected chi connectivity index (χ3v) is 4.32. The van der Waals surface area contributed by atoms with Crippen LogP contribution >= 0.6 is 11.3 Å². The highest BCUT2D eigenvalue weighted by molar-refractivity contribution is 7.15. The van der Waals surface area contributed by atoms with E-state index in [4.69, 9.17) is 4.74 Å². The summed E-state index contributed by atoms with van der Waals surface area (Å²) in [6.45, 7) is 2.04. The van der Waals surface area contributed by atoms with Gasteiger partial charge in [0.1, 0.15) is 5.75 Å². The third kappa shape index (κ3) is 4.67. The van der Waals surface area contributed by atoms with Crippen molar-refractivity contribution < 1.29 is 9.53 Å². The minimum atomic E-state index is -0.213. The monoisotopic (exact) mass is 338 g/mol. The van der Waals surface area contributed by atoms with Crippen molar-refractivity contribution in [1.29, 1.82) is 0 Å². The predicted octanol–water partition coefficient (Wildman–Crippen LogP) is 4.06. The van der Waals surface area contributed by atoms with Crippen molar-refractivity contribution in [2.75, 3.05) is 11.9 Å². The molecule has 0 saturated heterocycles. The minimum Gasteiger partial charge on any atom is -0.484 e. The molecule has 0 saturated carbocycles. The van der Waals surface area contributed by atoms with Crippen molar-refractivity contribution in [2.24, 2.45) is 0 Å². The lowest BCUT2D eigenvalue weighted by Crippen LogP contribution is -2.19. The Labute approximate surface area is 145 Å². The highest BCUT2D eigenvalue weighted by atomic mass is 32.1. The molecule has 1 amide bonds. The number of carbonyl (C=O) groups excluding carboxylic acids is 1. The number of anilines is 1. The highest BCUT2D eigenvalue weighted by Crippen LogP contribution is 2.21. The lowest BCUT2D eigenvalue weighted by molar-refractivity contribution is -0.118. The van der Waals surface area contributed by atoms with Gasteiger partial charge in [-0.1, -0.05) is 48.0 Å². The fourth-order valence-corrected chi connectivity index (χ4v) is 3.04. The molecule has 0 radical (unpaired) electrons. The molecule has 0 aliphatic carbocycles. The molecule has 4 nitrogen and oxygen atoms in total. The fourth-order valence-electron chi connectivity index (χ4n) is 2.18. The summed E-state index contributed by atoms with van der Waals surface area (Å²) in [7, 11) is 0. The first-order chi connectivity index (χ1) is 11.7. The van der Waals surface area contributed by atoms with E-state index >= 15 is 0 Å². The van der Waals surface area contributed by atoms with Gasteiger partial charge in [0.05, 0.1) is 0 Å². The van der Waals surface area contributed by atoms with Crippen LogP contribution in [-0.4, -0.2) is 17.5 Å². The minimum absolute atomic E-state index is 0.0309. The second kappa shape index (κ2) is 7.75. The van der Waals surface area contributed by atoms with E-state index < -0.39 is 0 Å². The molecule has 0 aliphatic rings. The van der Waals surface area contributed by atoms with Crippen molar-refractivity contribution in [3.8, 4) is 5.75 Å². The van der Waals surface area contributed by atoms with Gasteiger partial charge >= 0.3 is 0 Å². The van der Waals surface area contributed by atoms with E-state index in [-0.39, 0.29) is 12.5 Å². The lowest BCUT2D eigenvalue weighted by Gasteiger charge is -2.05. The number of hydrogen-bond donors (Lipinski definition) is 1. The second-order valence-electron chi connectivity index (χ2n) is 5.44. The number of benzene rings is 2. The molecule has 0 bridgehead atoms. The van der Waals surface area contributed by atoms with Crippen LogP contribution in [0, 0.1) is 6.92 Å². The predicted molar refractivity (Wildman–Crippen MR) is 96.7 cm³/mol. The highest BCUT2D eigenvalue weighted by Gasteiger charge is 2.08. The number of carbonyl (C=O) groups is 1. The molecule has 1 N–H and O–H groups in total. The molecule has 0 fully saturated rings. The number of nitrogens with one attached hydrogen (secondary N) is 1. The number of ether oxygens (including phenoxy) is 1. The number of rotatable bonds is 6. The Morgan fingerprint density at radius 2 is 1.88 bits per heavy atom. The molecular formula is C19H18N2O2S. The lowest BCUT2D eigenvalue weighted by atomic mass is 10.1. The Bertz CT molecular complexity index is 798. The van der Waals surface area contributed by atoms with Crippen LogP contribution in [-0.2, 0) is 11.2 Å². The van der Waals surface area contributed by atoms with Crippen LogP contribution in [0.4, 0.5) is 5.13 Å². The molecular weight excluding hydrogens is 320 g/mol. The SMILES string of the molecule is Cc1ccc(Cc2cnc(NC(=O)COc3ccccc3)s2)cc1. The number of aryl methyl sites for hydroxylation is 1. The summed E-state index contributed by atoms with van der Waals surface area (Å²) in [6, 6.07) is 17.7. The summed E-state index contributed by atoms with van der Waals surface area (Å²) in [5, 5.41) is 3.37. The van der Waals surface area contributed by atoms with Crippen LogP contribution < -0.4 is 10.1 Å². The van der Waals surface area contributed by atoms with Crippen LogP contribution in [0.25, 0.3) is 0 Å². The van der Waals surface area contributed by atoms with Crippen molar-refractivity contribution in [2.45, 2.75) is 13.3 Å². The van der Waals surface area contributed by atoms with Crippen molar-refractivity contribution in [3.63, 3.8) is 0 Å². The Balaban J connectivity index is 1.51. The maximum Gasteiger partial charge on any atom is 0.264 e. The third-order valence-electron chi connectivity index (χ3n) is 3.41. The van der Waals surface area contributed by atoms with Crippen LogP contribution in [0.1, 0.15) is 16.0 Å². The van der Waals surface area contributed by atoms with Gasteiger partial charge in [0.2, 0.25) is 0 Å². The number of para-hydroxylation sites is 1. The second-order valence-corrected chi connectivity index (χ2v) is 6.56. The van der Waals surface area contributed by atoms with Crippen molar-refractivity contribution in [1.82, 2.24) is 4.98 Å². The standard InChI is InChI=1S/C19H18N2O2S/c1-14-7-9-15(10-8-14)11-17-12-20-19(24-17)21-18(22)13-23-16-5-3-2-4-6-16/h2-10,12H,11,13H2,1H3,(H,20,21,22). The van der Waals surface area contributed by atoms with Gasteiger partial charge in [-0.2, -0.15) is 0 Å². The number of thiazole rings is 1. The van der Waals surface area contributed by atoms with Gasteiger partial charge in [-0.15, -0.1) is 11.3 Å². The molecule has 3 aromatic rings. The Morgan fingerprint density at radius 3 is 2.62 bits per heavy atom. The molecule has 1 heterocycles. The van der Waals surface area contributed by atoms with Crippen LogP contribution in [0.5, 0.6) is 5.75 Å². The quantitative estimate of drug-likeness (QED) is 0.737. The van der Waals surface area contributed by atoms with E-state index in [0.29, 0.717) is 10.9 Å². The molecule has 0 spiro atoms. The average molecular weight is 338 g/mol. The number of hydrogen-bond acceptors (Lipinski definition) is 4. The Kier molecular flexibility index (Phi) is 5.23. The summed E-state index contributed by atoms with van der Waals surface area (Å²) < 4.78 is 5.42. The van der Waals surface area contributed by atoms with E-state index in [0.717, 1.165) is 11.3 Å².